The summed E-state index contributed by atoms with van der Waals surface area (Å²) in [5.41, 5.74) is 3.26. The summed E-state index contributed by atoms with van der Waals surface area (Å²) in [6, 6.07) is 9.72. The van der Waals surface area contributed by atoms with E-state index in [2.05, 4.69) is 31.0 Å². The first-order chi connectivity index (χ1) is 14.4. The molecule has 1 aromatic carbocycles. The van der Waals surface area contributed by atoms with E-state index in [0.717, 1.165) is 37.3 Å². The van der Waals surface area contributed by atoms with Gasteiger partial charge in [-0.25, -0.2) is 4.68 Å². The Morgan fingerprint density at radius 3 is 2.80 bits per heavy atom. The highest BCUT2D eigenvalue weighted by Crippen LogP contribution is 2.24. The number of hydrogen-bond donors (Lipinski definition) is 0. The van der Waals surface area contributed by atoms with Crippen molar-refractivity contribution in [2.45, 2.75) is 47.0 Å². The van der Waals surface area contributed by atoms with E-state index in [1.54, 1.807) is 6.92 Å². The number of nitrogens with zero attached hydrogens (tertiary/aromatic N) is 5. The van der Waals surface area contributed by atoms with Crippen molar-refractivity contribution in [2.24, 2.45) is 11.8 Å². The lowest BCUT2D eigenvalue weighted by molar-refractivity contribution is 0.0683. The monoisotopic (exact) mass is 407 g/mol. The van der Waals surface area contributed by atoms with Crippen molar-refractivity contribution in [1.29, 1.82) is 0 Å². The van der Waals surface area contributed by atoms with E-state index >= 15 is 0 Å². The van der Waals surface area contributed by atoms with E-state index in [-0.39, 0.29) is 5.91 Å². The maximum Gasteiger partial charge on any atom is 0.268 e. The largest absolute Gasteiger partial charge is 0.420 e. The molecule has 1 fully saturated rings. The molecule has 0 radical (unpaired) electrons. The number of amides is 1. The van der Waals surface area contributed by atoms with Crippen LogP contribution in [0.2, 0.25) is 0 Å². The van der Waals surface area contributed by atoms with Gasteiger partial charge in [-0.05, 0) is 55.4 Å². The Morgan fingerprint density at radius 2 is 2.10 bits per heavy atom. The van der Waals surface area contributed by atoms with Crippen LogP contribution in [0.15, 0.2) is 34.7 Å². The molecule has 0 spiro atoms. The molecule has 7 nitrogen and oxygen atoms in total. The van der Waals surface area contributed by atoms with Gasteiger partial charge in [0.05, 0.1) is 5.69 Å². The molecule has 3 heterocycles. The smallest absolute Gasteiger partial charge is 0.268 e. The van der Waals surface area contributed by atoms with Crippen molar-refractivity contribution in [1.82, 2.24) is 24.9 Å². The summed E-state index contributed by atoms with van der Waals surface area (Å²) in [5, 5.41) is 12.8. The number of rotatable bonds is 5. The fourth-order valence-corrected chi connectivity index (χ4v) is 4.04. The van der Waals surface area contributed by atoms with Crippen LogP contribution < -0.4 is 0 Å². The number of likely N-dealkylation sites (tertiary alicyclic amines) is 1. The van der Waals surface area contributed by atoms with Crippen LogP contribution in [0.5, 0.6) is 0 Å². The van der Waals surface area contributed by atoms with Crippen LogP contribution in [0.1, 0.15) is 55.6 Å². The van der Waals surface area contributed by atoms with Crippen LogP contribution in [0.4, 0.5) is 0 Å². The molecular formula is C23H29N5O2. The molecule has 1 aliphatic heterocycles. The van der Waals surface area contributed by atoms with Gasteiger partial charge < -0.3 is 9.32 Å². The molecule has 4 rings (SSSR count). The third-order valence-electron chi connectivity index (χ3n) is 5.43. The van der Waals surface area contributed by atoms with Gasteiger partial charge in [-0.3, -0.25) is 4.79 Å². The molecule has 30 heavy (non-hydrogen) atoms. The molecule has 1 atom stereocenters. The molecule has 0 aliphatic carbocycles. The normalized spacial score (nSPS) is 17.0. The van der Waals surface area contributed by atoms with Crippen LogP contribution in [-0.2, 0) is 6.42 Å². The summed E-state index contributed by atoms with van der Waals surface area (Å²) >= 11 is 0. The van der Waals surface area contributed by atoms with Crippen molar-refractivity contribution < 1.29 is 9.21 Å². The lowest BCUT2D eigenvalue weighted by Gasteiger charge is -2.31. The van der Waals surface area contributed by atoms with E-state index < -0.39 is 0 Å². The lowest BCUT2D eigenvalue weighted by Crippen LogP contribution is -2.39. The average Bonchev–Trinajstić information content (AvgIpc) is 3.33. The second-order valence-corrected chi connectivity index (χ2v) is 8.71. The predicted octanol–water partition coefficient (Wildman–Crippen LogP) is 4.30. The number of carbonyl (C=O) groups excluding carboxylic acids is 1. The van der Waals surface area contributed by atoms with Gasteiger partial charge in [0, 0.05) is 31.3 Å². The third-order valence-corrected chi connectivity index (χ3v) is 5.43. The van der Waals surface area contributed by atoms with Crippen molar-refractivity contribution >= 4 is 5.91 Å². The molecule has 1 saturated heterocycles. The maximum absolute atomic E-state index is 13.1. The van der Waals surface area contributed by atoms with Crippen molar-refractivity contribution in [3.8, 4) is 17.3 Å². The summed E-state index contributed by atoms with van der Waals surface area (Å²) in [6.45, 7) is 9.97. The van der Waals surface area contributed by atoms with Crippen LogP contribution in [-0.4, -0.2) is 43.9 Å². The van der Waals surface area contributed by atoms with Gasteiger partial charge in [-0.1, -0.05) is 26.8 Å². The third kappa shape index (κ3) is 4.30. The zero-order chi connectivity index (χ0) is 21.3. The van der Waals surface area contributed by atoms with E-state index in [1.807, 2.05) is 39.9 Å². The molecule has 3 aromatic rings. The van der Waals surface area contributed by atoms with Gasteiger partial charge in [0.2, 0.25) is 5.89 Å². The molecule has 0 N–H and O–H groups in total. The SMILES string of the molecule is Cc1nnc(-c2cc(CC(C)C)n(-c3cccc(C(=O)N4CCC[C@@H](C)C4)c3)n2)o1. The lowest BCUT2D eigenvalue weighted by atomic mass is 9.99. The molecule has 0 unspecified atom stereocenters. The highest BCUT2D eigenvalue weighted by Gasteiger charge is 2.23. The van der Waals surface area contributed by atoms with Gasteiger partial charge in [0.25, 0.3) is 11.8 Å². The highest BCUT2D eigenvalue weighted by molar-refractivity contribution is 5.94. The molecule has 2 aromatic heterocycles. The number of benzene rings is 1. The standard InChI is InChI=1S/C23H29N5O2/c1-15(2)11-20-13-21(22-25-24-17(4)30-22)26-28(20)19-9-5-8-18(12-19)23(29)27-10-6-7-16(3)14-27/h5,8-9,12-13,15-16H,6-7,10-11,14H2,1-4H3/t16-/m1/s1. The van der Waals surface area contributed by atoms with Gasteiger partial charge in [-0.2, -0.15) is 5.10 Å². The Labute approximate surface area is 177 Å². The van der Waals surface area contributed by atoms with Gasteiger partial charge in [0.15, 0.2) is 0 Å². The van der Waals surface area contributed by atoms with Crippen molar-refractivity contribution in [3.63, 3.8) is 0 Å². The molecular weight excluding hydrogens is 378 g/mol. The topological polar surface area (TPSA) is 77.1 Å². The first-order valence-electron chi connectivity index (χ1n) is 10.7. The second kappa shape index (κ2) is 8.42. The van der Waals surface area contributed by atoms with Crippen molar-refractivity contribution in [2.75, 3.05) is 13.1 Å². The van der Waals surface area contributed by atoms with Crippen LogP contribution in [0, 0.1) is 18.8 Å². The minimum atomic E-state index is 0.0914. The first-order valence-corrected chi connectivity index (χ1v) is 10.7. The molecule has 1 aliphatic rings. The average molecular weight is 408 g/mol. The molecule has 158 valence electrons. The Hall–Kier alpha value is -2.96. The fourth-order valence-electron chi connectivity index (χ4n) is 4.04. The predicted molar refractivity (Wildman–Crippen MR) is 114 cm³/mol. The fraction of sp³-hybridized carbons (Fsp3) is 0.478. The Kier molecular flexibility index (Phi) is 5.70. The van der Waals surface area contributed by atoms with Crippen LogP contribution >= 0.6 is 0 Å². The number of carbonyl (C=O) groups is 1. The first kappa shape index (κ1) is 20.3. The van der Waals surface area contributed by atoms with E-state index in [9.17, 15) is 4.79 Å². The molecule has 7 heteroatoms. The Bertz CT molecular complexity index is 1040. The van der Waals surface area contributed by atoms with Gasteiger partial charge >= 0.3 is 0 Å². The van der Waals surface area contributed by atoms with Crippen LogP contribution in [0.25, 0.3) is 17.3 Å². The summed E-state index contributed by atoms with van der Waals surface area (Å²) in [7, 11) is 0. The Balaban J connectivity index is 1.68. The Morgan fingerprint density at radius 1 is 1.27 bits per heavy atom. The summed E-state index contributed by atoms with van der Waals surface area (Å²) in [6.07, 6.45) is 3.10. The van der Waals surface area contributed by atoms with Gasteiger partial charge in [0.1, 0.15) is 5.69 Å². The van der Waals surface area contributed by atoms with Crippen LogP contribution in [0.3, 0.4) is 0 Å². The second-order valence-electron chi connectivity index (χ2n) is 8.71. The minimum Gasteiger partial charge on any atom is -0.420 e. The van der Waals surface area contributed by atoms with E-state index in [0.29, 0.717) is 34.9 Å². The molecule has 1 amide bonds. The van der Waals surface area contributed by atoms with E-state index in [1.165, 1.54) is 6.42 Å². The number of aromatic nitrogens is 4. The van der Waals surface area contributed by atoms with E-state index in [4.69, 9.17) is 9.52 Å². The quantitative estimate of drug-likeness (QED) is 0.630. The zero-order valence-corrected chi connectivity index (χ0v) is 18.1. The minimum absolute atomic E-state index is 0.0914. The summed E-state index contributed by atoms with van der Waals surface area (Å²) in [4.78, 5) is 15.1. The highest BCUT2D eigenvalue weighted by atomic mass is 16.4. The zero-order valence-electron chi connectivity index (χ0n) is 18.1. The summed E-state index contributed by atoms with van der Waals surface area (Å²) < 4.78 is 7.46. The van der Waals surface area contributed by atoms with Crippen molar-refractivity contribution in [3.05, 3.63) is 47.5 Å². The number of piperidine rings is 1. The summed E-state index contributed by atoms with van der Waals surface area (Å²) in [5.74, 6) is 2.01. The number of aryl methyl sites for hydroxylation is 1. The molecule has 0 saturated carbocycles. The maximum atomic E-state index is 13.1. The number of hydrogen-bond acceptors (Lipinski definition) is 5. The molecule has 0 bridgehead atoms. The van der Waals surface area contributed by atoms with Gasteiger partial charge in [-0.15, -0.1) is 10.2 Å².